The summed E-state index contributed by atoms with van der Waals surface area (Å²) >= 11 is 0. The zero-order valence-electron chi connectivity index (χ0n) is 9.67. The molecule has 3 heteroatoms. The third-order valence-electron chi connectivity index (χ3n) is 1.96. The average Bonchev–Trinajstić information content (AvgIpc) is 2.22. The highest BCUT2D eigenvalue weighted by atomic mass is 16.5. The SMILES string of the molecule is C=CCC(=O)OCCCCCCOCC. The first-order chi connectivity index (χ1) is 7.31. The lowest BCUT2D eigenvalue weighted by molar-refractivity contribution is -0.142. The molecule has 3 nitrogen and oxygen atoms in total. The summed E-state index contributed by atoms with van der Waals surface area (Å²) < 4.78 is 10.2. The maximum atomic E-state index is 10.9. The molecule has 0 aliphatic heterocycles. The van der Waals surface area contributed by atoms with Crippen LogP contribution in [0.15, 0.2) is 12.7 Å². The lowest BCUT2D eigenvalue weighted by atomic mass is 10.2. The molecule has 0 atom stereocenters. The van der Waals surface area contributed by atoms with Crippen molar-refractivity contribution in [3.05, 3.63) is 12.7 Å². The van der Waals surface area contributed by atoms with E-state index in [1.165, 1.54) is 0 Å². The Labute approximate surface area is 92.5 Å². The Hall–Kier alpha value is -0.830. The van der Waals surface area contributed by atoms with E-state index in [1.807, 2.05) is 6.92 Å². The third kappa shape index (κ3) is 11.1. The molecule has 0 aliphatic carbocycles. The van der Waals surface area contributed by atoms with Gasteiger partial charge in [-0.05, 0) is 26.2 Å². The van der Waals surface area contributed by atoms with Crippen LogP contribution in [-0.4, -0.2) is 25.8 Å². The second-order valence-corrected chi connectivity index (χ2v) is 3.32. The molecule has 0 bridgehead atoms. The van der Waals surface area contributed by atoms with Crippen LogP contribution in [0.3, 0.4) is 0 Å². The predicted molar refractivity (Wildman–Crippen MR) is 60.7 cm³/mol. The smallest absolute Gasteiger partial charge is 0.309 e. The molecular formula is C12H22O3. The summed E-state index contributed by atoms with van der Waals surface area (Å²) in [6, 6.07) is 0. The van der Waals surface area contributed by atoms with Crippen LogP contribution in [0.25, 0.3) is 0 Å². The van der Waals surface area contributed by atoms with Crippen molar-refractivity contribution in [2.24, 2.45) is 0 Å². The van der Waals surface area contributed by atoms with Crippen molar-refractivity contribution in [1.29, 1.82) is 0 Å². The summed E-state index contributed by atoms with van der Waals surface area (Å²) in [6.45, 7) is 7.63. The quantitative estimate of drug-likeness (QED) is 0.318. The molecule has 0 aromatic carbocycles. The third-order valence-corrected chi connectivity index (χ3v) is 1.96. The van der Waals surface area contributed by atoms with Crippen LogP contribution < -0.4 is 0 Å². The fraction of sp³-hybridized carbons (Fsp3) is 0.750. The zero-order chi connectivity index (χ0) is 11.4. The molecule has 0 N–H and O–H groups in total. The number of carbonyl (C=O) groups excluding carboxylic acids is 1. The second kappa shape index (κ2) is 11.2. The minimum Gasteiger partial charge on any atom is -0.465 e. The van der Waals surface area contributed by atoms with Gasteiger partial charge in [0, 0.05) is 13.2 Å². The van der Waals surface area contributed by atoms with E-state index < -0.39 is 0 Å². The van der Waals surface area contributed by atoms with Crippen LogP contribution in [-0.2, 0) is 14.3 Å². The van der Waals surface area contributed by atoms with Crippen LogP contribution in [0, 0.1) is 0 Å². The molecule has 15 heavy (non-hydrogen) atoms. The van der Waals surface area contributed by atoms with Gasteiger partial charge in [0.25, 0.3) is 0 Å². The zero-order valence-corrected chi connectivity index (χ0v) is 9.67. The first-order valence-corrected chi connectivity index (χ1v) is 5.65. The fourth-order valence-corrected chi connectivity index (χ4v) is 1.17. The Morgan fingerprint density at radius 1 is 1.20 bits per heavy atom. The average molecular weight is 214 g/mol. The molecule has 0 unspecified atom stereocenters. The van der Waals surface area contributed by atoms with Gasteiger partial charge in [0.2, 0.25) is 0 Å². The molecule has 0 aromatic rings. The monoisotopic (exact) mass is 214 g/mol. The lowest BCUT2D eigenvalue weighted by Crippen LogP contribution is -2.04. The number of ether oxygens (including phenoxy) is 2. The van der Waals surface area contributed by atoms with Crippen LogP contribution in [0.2, 0.25) is 0 Å². The molecule has 0 heterocycles. The summed E-state index contributed by atoms with van der Waals surface area (Å²) in [5.41, 5.74) is 0. The van der Waals surface area contributed by atoms with Gasteiger partial charge in [0.05, 0.1) is 13.0 Å². The normalized spacial score (nSPS) is 9.93. The molecule has 0 saturated heterocycles. The molecule has 0 aromatic heterocycles. The minimum atomic E-state index is -0.181. The van der Waals surface area contributed by atoms with Crippen molar-refractivity contribution in [3.8, 4) is 0 Å². The van der Waals surface area contributed by atoms with Crippen molar-refractivity contribution in [2.75, 3.05) is 19.8 Å². The van der Waals surface area contributed by atoms with Gasteiger partial charge in [0.15, 0.2) is 0 Å². The Morgan fingerprint density at radius 2 is 1.87 bits per heavy atom. The Morgan fingerprint density at radius 3 is 2.47 bits per heavy atom. The highest BCUT2D eigenvalue weighted by Crippen LogP contribution is 2.01. The van der Waals surface area contributed by atoms with Gasteiger partial charge < -0.3 is 9.47 Å². The summed E-state index contributed by atoms with van der Waals surface area (Å²) in [4.78, 5) is 10.9. The van der Waals surface area contributed by atoms with Gasteiger partial charge >= 0.3 is 5.97 Å². The molecular weight excluding hydrogens is 192 g/mol. The summed E-state index contributed by atoms with van der Waals surface area (Å²) in [5, 5.41) is 0. The van der Waals surface area contributed by atoms with E-state index in [9.17, 15) is 4.79 Å². The van der Waals surface area contributed by atoms with Crippen LogP contribution in [0.1, 0.15) is 39.0 Å². The second-order valence-electron chi connectivity index (χ2n) is 3.32. The Kier molecular flexibility index (Phi) is 10.6. The van der Waals surface area contributed by atoms with Crippen LogP contribution >= 0.6 is 0 Å². The standard InChI is InChI=1S/C12H22O3/c1-3-9-12(13)15-11-8-6-5-7-10-14-4-2/h3H,1,4-11H2,2H3. The van der Waals surface area contributed by atoms with E-state index >= 15 is 0 Å². The van der Waals surface area contributed by atoms with Crippen LogP contribution in [0.4, 0.5) is 0 Å². The Balaban J connectivity index is 3.04. The first-order valence-electron chi connectivity index (χ1n) is 5.65. The summed E-state index contributed by atoms with van der Waals surface area (Å²) in [5.74, 6) is -0.181. The fourth-order valence-electron chi connectivity index (χ4n) is 1.17. The van der Waals surface area contributed by atoms with E-state index in [1.54, 1.807) is 6.08 Å². The highest BCUT2D eigenvalue weighted by molar-refractivity contribution is 5.70. The van der Waals surface area contributed by atoms with Gasteiger partial charge in [-0.15, -0.1) is 6.58 Å². The number of hydrogen-bond acceptors (Lipinski definition) is 3. The van der Waals surface area contributed by atoms with E-state index in [4.69, 9.17) is 9.47 Å². The number of unbranched alkanes of at least 4 members (excludes halogenated alkanes) is 3. The summed E-state index contributed by atoms with van der Waals surface area (Å²) in [7, 11) is 0. The van der Waals surface area contributed by atoms with Crippen molar-refractivity contribution < 1.29 is 14.3 Å². The molecule has 0 fully saturated rings. The molecule has 0 aliphatic rings. The van der Waals surface area contributed by atoms with Gasteiger partial charge in [-0.3, -0.25) is 4.79 Å². The number of esters is 1. The number of hydrogen-bond donors (Lipinski definition) is 0. The van der Waals surface area contributed by atoms with E-state index in [-0.39, 0.29) is 5.97 Å². The molecule has 0 rings (SSSR count). The van der Waals surface area contributed by atoms with E-state index in [0.29, 0.717) is 13.0 Å². The first kappa shape index (κ1) is 14.2. The van der Waals surface area contributed by atoms with Crippen molar-refractivity contribution in [3.63, 3.8) is 0 Å². The van der Waals surface area contributed by atoms with E-state index in [2.05, 4.69) is 6.58 Å². The summed E-state index contributed by atoms with van der Waals surface area (Å²) in [6.07, 6.45) is 6.13. The maximum absolute atomic E-state index is 10.9. The van der Waals surface area contributed by atoms with Gasteiger partial charge in [-0.2, -0.15) is 0 Å². The molecule has 88 valence electrons. The van der Waals surface area contributed by atoms with Crippen molar-refractivity contribution >= 4 is 5.97 Å². The van der Waals surface area contributed by atoms with Gasteiger partial charge in [-0.1, -0.05) is 12.5 Å². The minimum absolute atomic E-state index is 0.181. The number of rotatable bonds is 10. The van der Waals surface area contributed by atoms with Crippen LogP contribution in [0.5, 0.6) is 0 Å². The Bertz CT molecular complexity index is 166. The topological polar surface area (TPSA) is 35.5 Å². The molecule has 0 radical (unpaired) electrons. The van der Waals surface area contributed by atoms with Crippen molar-refractivity contribution in [2.45, 2.75) is 39.0 Å². The largest absolute Gasteiger partial charge is 0.465 e. The molecule has 0 amide bonds. The number of carbonyl (C=O) groups is 1. The lowest BCUT2D eigenvalue weighted by Gasteiger charge is -2.03. The predicted octanol–water partition coefficient (Wildman–Crippen LogP) is 2.70. The maximum Gasteiger partial charge on any atom is 0.309 e. The van der Waals surface area contributed by atoms with Crippen molar-refractivity contribution in [1.82, 2.24) is 0 Å². The van der Waals surface area contributed by atoms with Gasteiger partial charge in [-0.25, -0.2) is 0 Å². The highest BCUT2D eigenvalue weighted by Gasteiger charge is 1.98. The van der Waals surface area contributed by atoms with E-state index in [0.717, 1.165) is 38.9 Å². The van der Waals surface area contributed by atoms with Gasteiger partial charge in [0.1, 0.15) is 0 Å². The molecule has 0 spiro atoms. The molecule has 0 saturated carbocycles.